The van der Waals surface area contributed by atoms with Gasteiger partial charge in [0.25, 0.3) is 0 Å². The number of hydrogen-bond donors (Lipinski definition) is 2. The van der Waals surface area contributed by atoms with E-state index in [1.807, 2.05) is 6.92 Å². The Morgan fingerprint density at radius 1 is 1.43 bits per heavy atom. The van der Waals surface area contributed by atoms with Crippen LogP contribution < -0.4 is 10.6 Å². The smallest absolute Gasteiger partial charge is 0.166 e. The molecule has 4 heteroatoms. The van der Waals surface area contributed by atoms with Crippen LogP contribution in [-0.4, -0.2) is 31.4 Å². The average molecular weight is 218 g/mol. The fourth-order valence-corrected chi connectivity index (χ4v) is 1.26. The van der Waals surface area contributed by atoms with E-state index in [4.69, 9.17) is 17.0 Å². The largest absolute Gasteiger partial charge is 0.383 e. The third-order valence-corrected chi connectivity index (χ3v) is 2.36. The maximum absolute atomic E-state index is 5.13. The molecule has 0 bridgehead atoms. The minimum absolute atomic E-state index is 0.261. The van der Waals surface area contributed by atoms with Gasteiger partial charge in [-0.05, 0) is 25.1 Å². The molecule has 0 aromatic heterocycles. The van der Waals surface area contributed by atoms with Gasteiger partial charge in [-0.15, -0.1) is 0 Å². The van der Waals surface area contributed by atoms with Gasteiger partial charge in [-0.1, -0.05) is 20.3 Å². The summed E-state index contributed by atoms with van der Waals surface area (Å²) in [6, 6.07) is 0.261. The molecule has 0 aliphatic rings. The third-order valence-electron chi connectivity index (χ3n) is 2.10. The van der Waals surface area contributed by atoms with Crippen molar-refractivity contribution in [1.29, 1.82) is 0 Å². The minimum Gasteiger partial charge on any atom is -0.383 e. The first-order valence-corrected chi connectivity index (χ1v) is 5.54. The van der Waals surface area contributed by atoms with Gasteiger partial charge in [0.05, 0.1) is 6.61 Å². The molecule has 0 aliphatic heterocycles. The minimum atomic E-state index is 0.261. The van der Waals surface area contributed by atoms with Crippen LogP contribution in [0.15, 0.2) is 0 Å². The zero-order chi connectivity index (χ0) is 11.0. The lowest BCUT2D eigenvalue weighted by Crippen LogP contribution is -2.43. The molecule has 2 atom stereocenters. The van der Waals surface area contributed by atoms with Crippen molar-refractivity contribution in [1.82, 2.24) is 10.6 Å². The first-order chi connectivity index (χ1) is 6.60. The van der Waals surface area contributed by atoms with E-state index in [9.17, 15) is 0 Å². The zero-order valence-corrected chi connectivity index (χ0v) is 10.4. The molecule has 0 radical (unpaired) electrons. The SMILES string of the molecule is CCC(C)CNC(=S)NC(C)COC. The maximum atomic E-state index is 5.13. The first-order valence-electron chi connectivity index (χ1n) is 5.13. The summed E-state index contributed by atoms with van der Waals surface area (Å²) in [5, 5.41) is 7.06. The van der Waals surface area contributed by atoms with Crippen LogP contribution in [0.25, 0.3) is 0 Å². The highest BCUT2D eigenvalue weighted by molar-refractivity contribution is 7.80. The van der Waals surface area contributed by atoms with E-state index in [1.165, 1.54) is 6.42 Å². The van der Waals surface area contributed by atoms with E-state index in [0.29, 0.717) is 12.5 Å². The summed E-state index contributed by atoms with van der Waals surface area (Å²) in [5.74, 6) is 0.660. The van der Waals surface area contributed by atoms with Crippen LogP contribution >= 0.6 is 12.2 Å². The predicted octanol–water partition coefficient (Wildman–Crippen LogP) is 1.53. The number of methoxy groups -OCH3 is 1. The van der Waals surface area contributed by atoms with Crippen molar-refractivity contribution in [2.45, 2.75) is 33.2 Å². The summed E-state index contributed by atoms with van der Waals surface area (Å²) in [6.45, 7) is 8.03. The van der Waals surface area contributed by atoms with Crippen LogP contribution in [0.3, 0.4) is 0 Å². The van der Waals surface area contributed by atoms with Gasteiger partial charge in [-0.25, -0.2) is 0 Å². The molecule has 2 N–H and O–H groups in total. The Kier molecular flexibility index (Phi) is 7.80. The van der Waals surface area contributed by atoms with E-state index in [1.54, 1.807) is 7.11 Å². The number of hydrogen-bond acceptors (Lipinski definition) is 2. The standard InChI is InChI=1S/C10H22N2OS/c1-5-8(2)6-11-10(14)12-9(3)7-13-4/h8-9H,5-7H2,1-4H3,(H2,11,12,14). The highest BCUT2D eigenvalue weighted by atomic mass is 32.1. The van der Waals surface area contributed by atoms with E-state index >= 15 is 0 Å². The topological polar surface area (TPSA) is 33.3 Å². The van der Waals surface area contributed by atoms with Crippen LogP contribution in [0, 0.1) is 5.92 Å². The van der Waals surface area contributed by atoms with Crippen molar-refractivity contribution in [2.75, 3.05) is 20.3 Å². The van der Waals surface area contributed by atoms with E-state index < -0.39 is 0 Å². The van der Waals surface area contributed by atoms with Crippen LogP contribution in [0.2, 0.25) is 0 Å². The van der Waals surface area contributed by atoms with Gasteiger partial charge in [-0.2, -0.15) is 0 Å². The fraction of sp³-hybridized carbons (Fsp3) is 0.900. The van der Waals surface area contributed by atoms with Gasteiger partial charge in [0.15, 0.2) is 5.11 Å². The quantitative estimate of drug-likeness (QED) is 0.663. The number of thiocarbonyl (C=S) groups is 1. The van der Waals surface area contributed by atoms with Crippen LogP contribution in [0.5, 0.6) is 0 Å². The molecule has 0 aliphatic carbocycles. The molecule has 84 valence electrons. The molecule has 2 unspecified atom stereocenters. The Bertz CT molecular complexity index is 164. The van der Waals surface area contributed by atoms with E-state index in [-0.39, 0.29) is 6.04 Å². The van der Waals surface area contributed by atoms with Crippen molar-refractivity contribution in [3.8, 4) is 0 Å². The molecule has 0 fully saturated rings. The summed E-state index contributed by atoms with van der Waals surface area (Å²) in [7, 11) is 1.69. The lowest BCUT2D eigenvalue weighted by molar-refractivity contribution is 0.179. The Labute approximate surface area is 92.6 Å². The molecule has 0 rings (SSSR count). The van der Waals surface area contributed by atoms with Gasteiger partial charge in [0.1, 0.15) is 0 Å². The monoisotopic (exact) mass is 218 g/mol. The fourth-order valence-electron chi connectivity index (χ4n) is 0.978. The van der Waals surface area contributed by atoms with Crippen molar-refractivity contribution in [3.05, 3.63) is 0 Å². The number of nitrogens with one attached hydrogen (secondary N) is 2. The van der Waals surface area contributed by atoms with Crippen LogP contribution in [0.4, 0.5) is 0 Å². The molecule has 0 saturated carbocycles. The third kappa shape index (κ3) is 7.09. The summed E-state index contributed by atoms with van der Waals surface area (Å²) in [5.41, 5.74) is 0. The molecular weight excluding hydrogens is 196 g/mol. The molecule has 0 heterocycles. The Hall–Kier alpha value is -0.350. The van der Waals surface area contributed by atoms with Crippen molar-refractivity contribution in [2.24, 2.45) is 5.92 Å². The van der Waals surface area contributed by atoms with Gasteiger partial charge in [0.2, 0.25) is 0 Å². The highest BCUT2D eigenvalue weighted by Crippen LogP contribution is 1.96. The molecular formula is C10H22N2OS. The summed E-state index contributed by atoms with van der Waals surface area (Å²) >= 11 is 5.13. The van der Waals surface area contributed by atoms with Crippen molar-refractivity contribution >= 4 is 17.3 Å². The normalized spacial score (nSPS) is 14.6. The molecule has 0 aromatic carbocycles. The lowest BCUT2D eigenvalue weighted by Gasteiger charge is -2.17. The molecule has 0 saturated heterocycles. The molecule has 3 nitrogen and oxygen atoms in total. The summed E-state index contributed by atoms with van der Waals surface area (Å²) < 4.78 is 5.00. The first kappa shape index (κ1) is 13.7. The Morgan fingerprint density at radius 3 is 2.57 bits per heavy atom. The number of ether oxygens (including phenoxy) is 1. The summed E-state index contributed by atoms with van der Waals surface area (Å²) in [4.78, 5) is 0. The maximum Gasteiger partial charge on any atom is 0.166 e. The Balaban J connectivity index is 3.54. The molecule has 0 spiro atoms. The number of rotatable bonds is 6. The average Bonchev–Trinajstić information content (AvgIpc) is 2.14. The summed E-state index contributed by atoms with van der Waals surface area (Å²) in [6.07, 6.45) is 1.17. The Morgan fingerprint density at radius 2 is 2.07 bits per heavy atom. The molecule has 14 heavy (non-hydrogen) atoms. The van der Waals surface area contributed by atoms with Gasteiger partial charge < -0.3 is 15.4 Å². The van der Waals surface area contributed by atoms with Crippen molar-refractivity contribution < 1.29 is 4.74 Å². The van der Waals surface area contributed by atoms with Crippen LogP contribution in [0.1, 0.15) is 27.2 Å². The predicted molar refractivity (Wildman–Crippen MR) is 64.5 cm³/mol. The second-order valence-electron chi connectivity index (χ2n) is 3.72. The van der Waals surface area contributed by atoms with Gasteiger partial charge in [0, 0.05) is 19.7 Å². The van der Waals surface area contributed by atoms with Crippen LogP contribution in [-0.2, 0) is 4.74 Å². The lowest BCUT2D eigenvalue weighted by atomic mass is 10.1. The van der Waals surface area contributed by atoms with Gasteiger partial charge >= 0.3 is 0 Å². The van der Waals surface area contributed by atoms with E-state index in [0.717, 1.165) is 11.7 Å². The molecule has 0 amide bonds. The zero-order valence-electron chi connectivity index (χ0n) is 9.59. The van der Waals surface area contributed by atoms with Crippen molar-refractivity contribution in [3.63, 3.8) is 0 Å². The second kappa shape index (κ2) is 8.00. The highest BCUT2D eigenvalue weighted by Gasteiger charge is 2.04. The van der Waals surface area contributed by atoms with E-state index in [2.05, 4.69) is 24.5 Å². The van der Waals surface area contributed by atoms with Gasteiger partial charge in [-0.3, -0.25) is 0 Å². The molecule has 0 aromatic rings. The second-order valence-corrected chi connectivity index (χ2v) is 4.13.